The number of benzene rings is 4. The Morgan fingerprint density at radius 1 is 0.884 bits per heavy atom. The van der Waals surface area contributed by atoms with Crippen molar-refractivity contribution in [3.8, 4) is 5.75 Å². The third kappa shape index (κ3) is 7.67. The molecule has 0 aromatic heterocycles. The van der Waals surface area contributed by atoms with Crippen LogP contribution in [-0.4, -0.2) is 51.9 Å². The number of nitrogens with zero attached hydrogens (tertiary/aromatic N) is 2. The van der Waals surface area contributed by atoms with Gasteiger partial charge in [0, 0.05) is 30.1 Å². The third-order valence-electron chi connectivity index (χ3n) is 6.84. The summed E-state index contributed by atoms with van der Waals surface area (Å²) >= 11 is 12.6. The molecule has 0 bridgehead atoms. The summed E-state index contributed by atoms with van der Waals surface area (Å²) in [6.07, 6.45) is 0.178. The van der Waals surface area contributed by atoms with Gasteiger partial charge in [0.1, 0.15) is 18.3 Å². The lowest BCUT2D eigenvalue weighted by Crippen LogP contribution is -2.53. The van der Waals surface area contributed by atoms with E-state index in [4.69, 9.17) is 27.9 Å². The summed E-state index contributed by atoms with van der Waals surface area (Å²) in [4.78, 5) is 29.1. The van der Waals surface area contributed by atoms with E-state index in [1.165, 1.54) is 31.2 Å². The third-order valence-corrected chi connectivity index (χ3v) is 9.20. The van der Waals surface area contributed by atoms with Crippen LogP contribution in [0.5, 0.6) is 5.75 Å². The fraction of sp³-hybridized carbons (Fsp3) is 0.188. The van der Waals surface area contributed by atoms with Crippen molar-refractivity contribution in [2.75, 3.05) is 25.0 Å². The molecule has 0 saturated heterocycles. The van der Waals surface area contributed by atoms with Crippen LogP contribution in [0.4, 0.5) is 5.69 Å². The molecule has 1 atom stereocenters. The number of hydrogen-bond acceptors (Lipinski definition) is 5. The van der Waals surface area contributed by atoms with Crippen molar-refractivity contribution < 1.29 is 22.7 Å². The predicted octanol–water partition coefficient (Wildman–Crippen LogP) is 5.58. The topological polar surface area (TPSA) is 96.0 Å². The van der Waals surface area contributed by atoms with Gasteiger partial charge in [0.15, 0.2) is 0 Å². The number of nitrogens with one attached hydrogen (secondary N) is 1. The van der Waals surface area contributed by atoms with Gasteiger partial charge in [0.05, 0.1) is 17.7 Å². The number of methoxy groups -OCH3 is 1. The number of ether oxygens (including phenoxy) is 1. The Bertz CT molecular complexity index is 1670. The number of hydrogen-bond donors (Lipinski definition) is 1. The van der Waals surface area contributed by atoms with E-state index in [0.29, 0.717) is 15.6 Å². The minimum atomic E-state index is -4.25. The average molecular weight is 641 g/mol. The predicted molar refractivity (Wildman–Crippen MR) is 169 cm³/mol. The zero-order valence-corrected chi connectivity index (χ0v) is 25.9. The van der Waals surface area contributed by atoms with Gasteiger partial charge in [-0.3, -0.25) is 13.9 Å². The molecule has 4 rings (SSSR count). The SMILES string of the molecule is CNC(=O)[C@@H](Cc1ccccc1)N(Cc1ccc(Cl)cc1Cl)C(=O)CN(c1ccccc1OC)S(=O)(=O)c1ccccc1. The Balaban J connectivity index is 1.83. The summed E-state index contributed by atoms with van der Waals surface area (Å²) in [5.41, 5.74) is 1.52. The lowest BCUT2D eigenvalue weighted by atomic mass is 10.0. The van der Waals surface area contributed by atoms with Crippen LogP contribution in [0.15, 0.2) is 108 Å². The Morgan fingerprint density at radius 2 is 1.51 bits per heavy atom. The van der Waals surface area contributed by atoms with Gasteiger partial charge in [-0.25, -0.2) is 8.42 Å². The van der Waals surface area contributed by atoms with Crippen molar-refractivity contribution in [1.82, 2.24) is 10.2 Å². The highest BCUT2D eigenvalue weighted by Gasteiger charge is 2.35. The molecule has 0 aliphatic rings. The molecule has 4 aromatic rings. The first-order chi connectivity index (χ1) is 20.6. The maximum absolute atomic E-state index is 14.4. The van der Waals surface area contributed by atoms with E-state index in [0.717, 1.165) is 9.87 Å². The Morgan fingerprint density at radius 3 is 2.14 bits per heavy atom. The van der Waals surface area contributed by atoms with Crippen LogP contribution >= 0.6 is 23.2 Å². The van der Waals surface area contributed by atoms with Gasteiger partial charge in [0.2, 0.25) is 11.8 Å². The summed E-state index contributed by atoms with van der Waals surface area (Å²) in [6.45, 7) is -0.698. The van der Waals surface area contributed by atoms with Crippen molar-refractivity contribution in [3.05, 3.63) is 124 Å². The molecule has 2 amide bonds. The first-order valence-corrected chi connectivity index (χ1v) is 15.5. The molecule has 43 heavy (non-hydrogen) atoms. The molecule has 0 heterocycles. The van der Waals surface area contributed by atoms with E-state index >= 15 is 0 Å². The average Bonchev–Trinajstić information content (AvgIpc) is 3.02. The highest BCUT2D eigenvalue weighted by atomic mass is 35.5. The molecule has 0 unspecified atom stereocenters. The summed E-state index contributed by atoms with van der Waals surface area (Å²) in [5.74, 6) is -0.785. The second-order valence-electron chi connectivity index (χ2n) is 9.57. The zero-order valence-electron chi connectivity index (χ0n) is 23.6. The van der Waals surface area contributed by atoms with E-state index < -0.39 is 34.4 Å². The Kier molecular flexibility index (Phi) is 10.7. The molecule has 0 fully saturated rings. The van der Waals surface area contributed by atoms with Crippen LogP contribution in [-0.2, 0) is 32.6 Å². The second kappa shape index (κ2) is 14.4. The summed E-state index contributed by atoms with van der Waals surface area (Å²) in [7, 11) is -1.34. The minimum Gasteiger partial charge on any atom is -0.495 e. The first kappa shape index (κ1) is 31.9. The van der Waals surface area contributed by atoms with E-state index in [9.17, 15) is 18.0 Å². The van der Waals surface area contributed by atoms with Crippen molar-refractivity contribution in [2.24, 2.45) is 0 Å². The van der Waals surface area contributed by atoms with Crippen LogP contribution in [0, 0.1) is 0 Å². The van der Waals surface area contributed by atoms with E-state index in [-0.39, 0.29) is 29.3 Å². The Hall–Kier alpha value is -4.05. The summed E-state index contributed by atoms with van der Waals surface area (Å²) in [5, 5.41) is 3.37. The summed E-state index contributed by atoms with van der Waals surface area (Å²) in [6, 6.07) is 27.5. The number of rotatable bonds is 12. The van der Waals surface area contributed by atoms with Crippen molar-refractivity contribution in [3.63, 3.8) is 0 Å². The number of amides is 2. The molecule has 11 heteroatoms. The lowest BCUT2D eigenvalue weighted by Gasteiger charge is -2.34. The number of carbonyl (C=O) groups excluding carboxylic acids is 2. The first-order valence-electron chi connectivity index (χ1n) is 13.4. The molecular weight excluding hydrogens is 609 g/mol. The molecule has 0 radical (unpaired) electrons. The minimum absolute atomic E-state index is 0.00635. The van der Waals surface area contributed by atoms with E-state index in [1.54, 1.807) is 60.7 Å². The highest BCUT2D eigenvalue weighted by Crippen LogP contribution is 2.33. The number of para-hydroxylation sites is 2. The molecule has 0 spiro atoms. The monoisotopic (exact) mass is 639 g/mol. The summed E-state index contributed by atoms with van der Waals surface area (Å²) < 4.78 is 34.6. The van der Waals surface area contributed by atoms with Crippen LogP contribution in [0.25, 0.3) is 0 Å². The van der Waals surface area contributed by atoms with Gasteiger partial charge in [-0.15, -0.1) is 0 Å². The number of sulfonamides is 1. The van der Waals surface area contributed by atoms with Crippen LogP contribution in [0.2, 0.25) is 10.0 Å². The van der Waals surface area contributed by atoms with Gasteiger partial charge in [-0.05, 0) is 47.5 Å². The van der Waals surface area contributed by atoms with Gasteiger partial charge >= 0.3 is 0 Å². The molecule has 4 aromatic carbocycles. The normalized spacial score (nSPS) is 11.8. The molecular formula is C32H31Cl2N3O5S. The standard InChI is InChI=1S/C32H31Cl2N3O5S/c1-35-32(39)29(19-23-11-5-3-6-12-23)36(21-24-17-18-25(33)20-27(24)34)31(38)22-37(28-15-9-10-16-30(28)42-2)43(40,41)26-13-7-4-8-14-26/h3-18,20,29H,19,21-22H2,1-2H3,(H,35,39)/t29-/m1/s1. The van der Waals surface area contributed by atoms with Gasteiger partial charge < -0.3 is 15.0 Å². The zero-order chi connectivity index (χ0) is 31.0. The Labute approximate surface area is 261 Å². The largest absolute Gasteiger partial charge is 0.495 e. The second-order valence-corrected chi connectivity index (χ2v) is 12.3. The number of likely N-dealkylation sites (N-methyl/N-ethyl adjacent to an activating group) is 1. The number of anilines is 1. The molecule has 0 aliphatic heterocycles. The lowest BCUT2D eigenvalue weighted by molar-refractivity contribution is -0.139. The maximum Gasteiger partial charge on any atom is 0.264 e. The smallest absolute Gasteiger partial charge is 0.264 e. The molecule has 0 aliphatic carbocycles. The fourth-order valence-electron chi connectivity index (χ4n) is 4.62. The van der Waals surface area contributed by atoms with E-state index in [2.05, 4.69) is 5.32 Å². The van der Waals surface area contributed by atoms with Gasteiger partial charge in [0.25, 0.3) is 10.0 Å². The van der Waals surface area contributed by atoms with Gasteiger partial charge in [-0.2, -0.15) is 0 Å². The van der Waals surface area contributed by atoms with Crippen molar-refractivity contribution in [1.29, 1.82) is 0 Å². The van der Waals surface area contributed by atoms with Crippen molar-refractivity contribution >= 4 is 50.7 Å². The van der Waals surface area contributed by atoms with Crippen LogP contribution in [0.1, 0.15) is 11.1 Å². The maximum atomic E-state index is 14.4. The fourth-order valence-corrected chi connectivity index (χ4v) is 6.54. The van der Waals surface area contributed by atoms with E-state index in [1.807, 2.05) is 30.3 Å². The van der Waals surface area contributed by atoms with Crippen LogP contribution in [0.3, 0.4) is 0 Å². The number of halogens is 2. The van der Waals surface area contributed by atoms with Crippen LogP contribution < -0.4 is 14.4 Å². The van der Waals surface area contributed by atoms with Gasteiger partial charge in [-0.1, -0.05) is 89.9 Å². The quantitative estimate of drug-likeness (QED) is 0.218. The molecule has 1 N–H and O–H groups in total. The molecule has 0 saturated carbocycles. The van der Waals surface area contributed by atoms with Crippen molar-refractivity contribution in [2.45, 2.75) is 23.9 Å². The highest BCUT2D eigenvalue weighted by molar-refractivity contribution is 7.92. The molecule has 8 nitrogen and oxygen atoms in total. The number of carbonyl (C=O) groups is 2. The molecule has 224 valence electrons.